The summed E-state index contributed by atoms with van der Waals surface area (Å²) in [6.45, 7) is -0.970. The summed E-state index contributed by atoms with van der Waals surface area (Å²) < 4.78 is 52.6. The number of nitrogens with one attached hydrogen (secondary N) is 1. The zero-order valence-electron chi connectivity index (χ0n) is 17.1. The van der Waals surface area contributed by atoms with Gasteiger partial charge in [0.25, 0.3) is 0 Å². The van der Waals surface area contributed by atoms with Crippen molar-refractivity contribution in [3.8, 4) is 0 Å². The molecule has 0 saturated carbocycles. The number of nitrogens with two attached hydrogens (primary N) is 1. The first kappa shape index (κ1) is 23.3. The van der Waals surface area contributed by atoms with Crippen molar-refractivity contribution in [3.05, 3.63) is 101 Å². The predicted molar refractivity (Wildman–Crippen MR) is 115 cm³/mol. The van der Waals surface area contributed by atoms with Crippen LogP contribution in [-0.4, -0.2) is 23.5 Å². The van der Waals surface area contributed by atoms with Gasteiger partial charge in [-0.1, -0.05) is 66.7 Å². The molecule has 0 fully saturated rings. The number of alkyl halides is 3. The highest BCUT2D eigenvalue weighted by molar-refractivity contribution is 5.83. The lowest BCUT2D eigenvalue weighted by Gasteiger charge is -2.32. The third kappa shape index (κ3) is 6.55. The van der Waals surface area contributed by atoms with Crippen LogP contribution < -0.4 is 11.1 Å². The number of amides is 1. The van der Waals surface area contributed by atoms with E-state index in [1.165, 1.54) is 12.1 Å². The van der Waals surface area contributed by atoms with E-state index in [9.17, 15) is 22.4 Å². The fourth-order valence-corrected chi connectivity index (χ4v) is 3.40. The highest BCUT2D eigenvalue weighted by Gasteiger charge is 2.33. The van der Waals surface area contributed by atoms with Crippen molar-refractivity contribution in [2.24, 2.45) is 0 Å². The van der Waals surface area contributed by atoms with Crippen LogP contribution in [0, 0.1) is 5.82 Å². The molecule has 0 bridgehead atoms. The van der Waals surface area contributed by atoms with Gasteiger partial charge in [-0.15, -0.1) is 0 Å². The molecule has 0 aliphatic rings. The first-order valence-corrected chi connectivity index (χ1v) is 9.94. The lowest BCUT2D eigenvalue weighted by Crippen LogP contribution is -2.43. The minimum absolute atomic E-state index is 0.110. The second-order valence-corrected chi connectivity index (χ2v) is 7.39. The fourth-order valence-electron chi connectivity index (χ4n) is 3.40. The number of halogens is 4. The SMILES string of the molecule is Nc1ccc(C(C(=O)NCC(F)(F)F)N(Cc2ccccc2)Cc2ccccc2)cc1F. The molecule has 0 radical (unpaired) electrons. The van der Waals surface area contributed by atoms with Crippen molar-refractivity contribution >= 4 is 11.6 Å². The van der Waals surface area contributed by atoms with Gasteiger partial charge >= 0.3 is 6.18 Å². The van der Waals surface area contributed by atoms with Crippen LogP contribution in [0.15, 0.2) is 78.9 Å². The van der Waals surface area contributed by atoms with E-state index in [4.69, 9.17) is 5.73 Å². The average Bonchev–Trinajstić information content (AvgIpc) is 2.76. The van der Waals surface area contributed by atoms with Gasteiger partial charge in [0.05, 0.1) is 5.69 Å². The number of hydrogen-bond donors (Lipinski definition) is 2. The standard InChI is InChI=1S/C24H23F4N3O/c25-20-13-19(11-12-21(20)29)22(23(32)30-16-24(26,27)28)31(14-17-7-3-1-4-8-17)15-18-9-5-2-6-10-18/h1-13,22H,14-16,29H2,(H,30,32). The Morgan fingerprint density at radius 1 is 0.906 bits per heavy atom. The van der Waals surface area contributed by atoms with Gasteiger partial charge in [0.15, 0.2) is 0 Å². The molecule has 3 aromatic rings. The number of nitrogens with zero attached hydrogens (tertiary/aromatic N) is 1. The van der Waals surface area contributed by atoms with Crippen molar-refractivity contribution in [2.75, 3.05) is 12.3 Å². The molecule has 3 aromatic carbocycles. The molecule has 1 unspecified atom stereocenters. The summed E-state index contributed by atoms with van der Waals surface area (Å²) in [4.78, 5) is 14.7. The molecule has 32 heavy (non-hydrogen) atoms. The Morgan fingerprint density at radius 2 is 1.44 bits per heavy atom. The molecule has 3 N–H and O–H groups in total. The van der Waals surface area contributed by atoms with Crippen LogP contribution in [0.4, 0.5) is 23.2 Å². The van der Waals surface area contributed by atoms with E-state index in [-0.39, 0.29) is 24.3 Å². The molecule has 0 aromatic heterocycles. The Balaban J connectivity index is 2.01. The monoisotopic (exact) mass is 445 g/mol. The zero-order chi connectivity index (χ0) is 23.1. The first-order chi connectivity index (χ1) is 15.2. The number of benzene rings is 3. The number of carbonyl (C=O) groups excluding carboxylic acids is 1. The maximum Gasteiger partial charge on any atom is 0.405 e. The van der Waals surface area contributed by atoms with Gasteiger partial charge in [-0.05, 0) is 28.8 Å². The molecule has 4 nitrogen and oxygen atoms in total. The molecule has 0 aliphatic heterocycles. The number of anilines is 1. The Kier molecular flexibility index (Phi) is 7.48. The minimum Gasteiger partial charge on any atom is -0.396 e. The number of rotatable bonds is 8. The molecule has 0 aliphatic carbocycles. The maximum atomic E-state index is 14.2. The van der Waals surface area contributed by atoms with Crippen LogP contribution in [0.2, 0.25) is 0 Å². The molecule has 1 amide bonds. The third-order valence-electron chi connectivity index (χ3n) is 4.87. The molecule has 0 spiro atoms. The highest BCUT2D eigenvalue weighted by Crippen LogP contribution is 2.28. The summed E-state index contributed by atoms with van der Waals surface area (Å²) in [7, 11) is 0. The van der Waals surface area contributed by atoms with E-state index < -0.39 is 30.5 Å². The molecule has 168 valence electrons. The summed E-state index contributed by atoms with van der Waals surface area (Å²) in [6.07, 6.45) is -4.57. The smallest absolute Gasteiger partial charge is 0.396 e. The average molecular weight is 445 g/mol. The summed E-state index contributed by atoms with van der Waals surface area (Å²) in [5.74, 6) is -1.62. The summed E-state index contributed by atoms with van der Waals surface area (Å²) >= 11 is 0. The number of nitrogen functional groups attached to an aromatic ring is 1. The van der Waals surface area contributed by atoms with Crippen LogP contribution in [-0.2, 0) is 17.9 Å². The van der Waals surface area contributed by atoms with Crippen LogP contribution in [0.5, 0.6) is 0 Å². The second kappa shape index (κ2) is 10.3. The summed E-state index contributed by atoms with van der Waals surface area (Å²) in [5.41, 5.74) is 7.38. The Morgan fingerprint density at radius 3 is 1.91 bits per heavy atom. The zero-order valence-corrected chi connectivity index (χ0v) is 17.1. The van der Waals surface area contributed by atoms with E-state index in [1.807, 2.05) is 66.0 Å². The topological polar surface area (TPSA) is 58.4 Å². The van der Waals surface area contributed by atoms with Crippen LogP contribution >= 0.6 is 0 Å². The maximum absolute atomic E-state index is 14.2. The third-order valence-corrected chi connectivity index (χ3v) is 4.87. The molecule has 0 saturated heterocycles. The molecule has 0 heterocycles. The van der Waals surface area contributed by atoms with Crippen molar-refractivity contribution in [1.29, 1.82) is 0 Å². The summed E-state index contributed by atoms with van der Waals surface area (Å²) in [5, 5.41) is 1.95. The predicted octanol–water partition coefficient (Wildman–Crippen LogP) is 4.83. The van der Waals surface area contributed by atoms with E-state index in [0.29, 0.717) is 0 Å². The van der Waals surface area contributed by atoms with E-state index in [0.717, 1.165) is 17.2 Å². The van der Waals surface area contributed by atoms with Crippen molar-refractivity contribution < 1.29 is 22.4 Å². The van der Waals surface area contributed by atoms with Gasteiger partial charge in [-0.2, -0.15) is 13.2 Å². The van der Waals surface area contributed by atoms with Gasteiger partial charge < -0.3 is 11.1 Å². The largest absolute Gasteiger partial charge is 0.405 e. The van der Waals surface area contributed by atoms with Crippen molar-refractivity contribution in [3.63, 3.8) is 0 Å². The lowest BCUT2D eigenvalue weighted by atomic mass is 10.0. The molecule has 3 rings (SSSR count). The minimum atomic E-state index is -4.57. The molecular formula is C24H23F4N3O. The van der Waals surface area contributed by atoms with E-state index in [2.05, 4.69) is 0 Å². The van der Waals surface area contributed by atoms with Gasteiger partial charge in [-0.25, -0.2) is 4.39 Å². The molecular weight excluding hydrogens is 422 g/mol. The number of carbonyl (C=O) groups is 1. The lowest BCUT2D eigenvalue weighted by molar-refractivity contribution is -0.142. The van der Waals surface area contributed by atoms with Crippen molar-refractivity contribution in [2.45, 2.75) is 25.3 Å². The van der Waals surface area contributed by atoms with E-state index in [1.54, 1.807) is 4.90 Å². The van der Waals surface area contributed by atoms with Crippen LogP contribution in [0.3, 0.4) is 0 Å². The molecule has 8 heteroatoms. The van der Waals surface area contributed by atoms with Gasteiger partial charge in [0.2, 0.25) is 5.91 Å². The van der Waals surface area contributed by atoms with Gasteiger partial charge in [-0.3, -0.25) is 9.69 Å². The van der Waals surface area contributed by atoms with Crippen molar-refractivity contribution in [1.82, 2.24) is 10.2 Å². The van der Waals surface area contributed by atoms with Crippen LogP contribution in [0.1, 0.15) is 22.7 Å². The Bertz CT molecular complexity index is 985. The Hall–Kier alpha value is -3.39. The second-order valence-electron chi connectivity index (χ2n) is 7.39. The normalized spacial score (nSPS) is 12.5. The molecule has 1 atom stereocenters. The quantitative estimate of drug-likeness (QED) is 0.386. The highest BCUT2D eigenvalue weighted by atomic mass is 19.4. The van der Waals surface area contributed by atoms with Gasteiger partial charge in [0.1, 0.15) is 18.4 Å². The number of hydrogen-bond acceptors (Lipinski definition) is 3. The Labute approximate surface area is 183 Å². The van der Waals surface area contributed by atoms with E-state index >= 15 is 0 Å². The van der Waals surface area contributed by atoms with Crippen LogP contribution in [0.25, 0.3) is 0 Å². The van der Waals surface area contributed by atoms with Gasteiger partial charge in [0, 0.05) is 13.1 Å². The summed E-state index contributed by atoms with van der Waals surface area (Å²) in [6, 6.07) is 21.1. The first-order valence-electron chi connectivity index (χ1n) is 9.94. The fraction of sp³-hybridized carbons (Fsp3) is 0.208.